The second-order valence-corrected chi connectivity index (χ2v) is 19.4. The zero-order chi connectivity index (χ0) is 29.6. The molecule has 2 aromatic rings. The Morgan fingerprint density at radius 1 is 0.923 bits per heavy atom. The molecule has 0 unspecified atom stereocenters. The van der Waals surface area contributed by atoms with Gasteiger partial charge in [-0.2, -0.15) is 0 Å². The maximum atomic E-state index is 12.7. The summed E-state index contributed by atoms with van der Waals surface area (Å²) in [5.74, 6) is 3.65. The molecule has 0 aromatic heterocycles. The van der Waals surface area contributed by atoms with Crippen molar-refractivity contribution in [2.24, 2.45) is 0 Å². The van der Waals surface area contributed by atoms with Crippen molar-refractivity contribution in [1.82, 2.24) is 0 Å². The van der Waals surface area contributed by atoms with Gasteiger partial charge < -0.3 is 14.0 Å². The molecule has 1 aliphatic rings. The van der Waals surface area contributed by atoms with Gasteiger partial charge in [0.1, 0.15) is 13.7 Å². The molecule has 0 radical (unpaired) electrons. The van der Waals surface area contributed by atoms with Crippen LogP contribution in [-0.2, 0) is 14.0 Å². The number of amides is 1. The smallest absolute Gasteiger partial charge is 0.444 e. The molecule has 0 spiro atoms. The van der Waals surface area contributed by atoms with Gasteiger partial charge in [-0.25, -0.2) is 4.79 Å². The molecule has 0 atom stereocenters. The average molecular weight is 550 g/mol. The monoisotopic (exact) mass is 549 g/mol. The molecule has 7 heteroatoms. The van der Waals surface area contributed by atoms with Crippen molar-refractivity contribution in [3.63, 3.8) is 0 Å². The molecule has 39 heavy (non-hydrogen) atoms. The van der Waals surface area contributed by atoms with Gasteiger partial charge in [-0.1, -0.05) is 65.7 Å². The number of hydrogen-bond acceptors (Lipinski definition) is 4. The van der Waals surface area contributed by atoms with E-state index in [0.29, 0.717) is 22.3 Å². The van der Waals surface area contributed by atoms with Crippen LogP contribution in [0, 0.1) is 11.5 Å². The first-order chi connectivity index (χ1) is 17.8. The number of carbonyl (C=O) groups is 1. The number of anilines is 1. The van der Waals surface area contributed by atoms with Crippen molar-refractivity contribution >= 4 is 43.2 Å². The van der Waals surface area contributed by atoms with Gasteiger partial charge >= 0.3 is 13.2 Å². The first-order valence-corrected chi connectivity index (χ1v) is 16.5. The van der Waals surface area contributed by atoms with Gasteiger partial charge in [0.2, 0.25) is 0 Å². The summed E-state index contributed by atoms with van der Waals surface area (Å²) in [5.41, 5.74) is 6.38. The van der Waals surface area contributed by atoms with Crippen molar-refractivity contribution in [2.75, 3.05) is 5.32 Å². The predicted octanol–water partition coefficient (Wildman–Crippen LogP) is 8.06. The lowest BCUT2D eigenvalue weighted by Crippen LogP contribution is -2.43. The largest absolute Gasteiger partial charge is 0.495 e. The zero-order valence-electron chi connectivity index (χ0n) is 26.3. The van der Waals surface area contributed by atoms with Crippen molar-refractivity contribution < 1.29 is 18.8 Å². The van der Waals surface area contributed by atoms with Crippen molar-refractivity contribution in [3.05, 3.63) is 35.9 Å². The minimum absolute atomic E-state index is 0.479. The molecule has 1 heterocycles. The van der Waals surface area contributed by atoms with Crippen LogP contribution in [0.15, 0.2) is 30.3 Å². The standard InChI is InChI=1S/C32H48BNO4Si/c1-21(2)39(22(3)4,23(5)6)20-19-24-15-14-16-25-27(34-29(35)36-30(7,8)9)18-17-26(28(24)25)33-37-31(10,11)32(12,13)38-33/h14-18,21-23H,1-13H3,(H,34,35). The Balaban J connectivity index is 2.27. The van der Waals surface area contributed by atoms with Crippen LogP contribution >= 0.6 is 0 Å². The molecule has 2 aromatic carbocycles. The first-order valence-electron chi connectivity index (χ1n) is 14.3. The third kappa shape index (κ3) is 6.24. The molecule has 1 N–H and O–H groups in total. The summed E-state index contributed by atoms with van der Waals surface area (Å²) >= 11 is 0. The van der Waals surface area contributed by atoms with E-state index in [1.165, 1.54) is 0 Å². The third-order valence-electron chi connectivity index (χ3n) is 8.50. The summed E-state index contributed by atoms with van der Waals surface area (Å²) < 4.78 is 18.5. The number of fused-ring (bicyclic) bond motifs is 1. The summed E-state index contributed by atoms with van der Waals surface area (Å²) in [4.78, 5) is 12.7. The van der Waals surface area contributed by atoms with E-state index in [9.17, 15) is 4.79 Å². The molecule has 5 nitrogen and oxygen atoms in total. The maximum Gasteiger partial charge on any atom is 0.495 e. The van der Waals surface area contributed by atoms with Crippen molar-refractivity contribution in [3.8, 4) is 11.5 Å². The quantitative estimate of drug-likeness (QED) is 0.303. The minimum atomic E-state index is -1.97. The van der Waals surface area contributed by atoms with Crippen LogP contribution in [0.5, 0.6) is 0 Å². The number of rotatable bonds is 5. The summed E-state index contributed by atoms with van der Waals surface area (Å²) in [5, 5.41) is 4.79. The van der Waals surface area contributed by atoms with E-state index in [1.807, 2.05) is 45.0 Å². The molecule has 1 aliphatic heterocycles. The SMILES string of the molecule is CC(C)[Si](C#Cc1cccc2c(NC(=O)OC(C)(C)C)ccc(B3OC(C)(C)C(C)(C)O3)c12)(C(C)C)C(C)C. The Morgan fingerprint density at radius 2 is 1.46 bits per heavy atom. The summed E-state index contributed by atoms with van der Waals surface area (Å²) in [7, 11) is -2.53. The maximum absolute atomic E-state index is 12.7. The van der Waals surface area contributed by atoms with E-state index in [0.717, 1.165) is 21.8 Å². The molecule has 0 aliphatic carbocycles. The molecule has 0 bridgehead atoms. The molecular weight excluding hydrogens is 501 g/mol. The second-order valence-electron chi connectivity index (χ2n) is 13.8. The highest BCUT2D eigenvalue weighted by molar-refractivity contribution is 6.90. The van der Waals surface area contributed by atoms with Crippen LogP contribution in [0.25, 0.3) is 10.8 Å². The number of benzene rings is 2. The fraction of sp³-hybridized carbons (Fsp3) is 0.594. The highest BCUT2D eigenvalue weighted by atomic mass is 28.3. The number of hydrogen-bond donors (Lipinski definition) is 1. The minimum Gasteiger partial charge on any atom is -0.444 e. The van der Waals surface area contributed by atoms with E-state index in [4.69, 9.17) is 14.0 Å². The van der Waals surface area contributed by atoms with E-state index in [-0.39, 0.29) is 0 Å². The van der Waals surface area contributed by atoms with Crippen molar-refractivity contribution in [2.45, 2.75) is 123 Å². The Kier molecular flexibility index (Phi) is 8.78. The van der Waals surface area contributed by atoms with E-state index < -0.39 is 38.1 Å². The second kappa shape index (κ2) is 11.0. The van der Waals surface area contributed by atoms with Gasteiger partial charge in [0.05, 0.1) is 16.9 Å². The lowest BCUT2D eigenvalue weighted by atomic mass is 9.74. The Hall–Kier alpha value is -2.27. The van der Waals surface area contributed by atoms with E-state index in [1.54, 1.807) is 0 Å². The van der Waals surface area contributed by atoms with E-state index in [2.05, 4.69) is 92.1 Å². The number of nitrogens with one attached hydrogen (secondary N) is 1. The Bertz CT molecular complexity index is 1240. The van der Waals surface area contributed by atoms with Gasteiger partial charge in [-0.15, -0.1) is 5.54 Å². The molecule has 0 saturated carbocycles. The Morgan fingerprint density at radius 3 is 1.95 bits per heavy atom. The average Bonchev–Trinajstić information content (AvgIpc) is 2.99. The zero-order valence-corrected chi connectivity index (χ0v) is 27.3. The molecule has 212 valence electrons. The fourth-order valence-electron chi connectivity index (χ4n) is 5.84. The highest BCUT2D eigenvalue weighted by Gasteiger charge is 2.52. The molecule has 1 amide bonds. The van der Waals surface area contributed by atoms with Gasteiger partial charge in [0.15, 0.2) is 0 Å². The Labute approximate surface area is 237 Å². The van der Waals surface area contributed by atoms with Crippen molar-refractivity contribution in [1.29, 1.82) is 0 Å². The van der Waals surface area contributed by atoms with E-state index >= 15 is 0 Å². The lowest BCUT2D eigenvalue weighted by molar-refractivity contribution is 0.00578. The van der Waals surface area contributed by atoms with Gasteiger partial charge in [0.25, 0.3) is 0 Å². The molecule has 1 fully saturated rings. The van der Waals surface area contributed by atoms with Crippen LogP contribution in [0.1, 0.15) is 95.6 Å². The predicted molar refractivity (Wildman–Crippen MR) is 167 cm³/mol. The van der Waals surface area contributed by atoms with Gasteiger partial charge in [0, 0.05) is 10.9 Å². The van der Waals surface area contributed by atoms with Crippen LogP contribution in [0.3, 0.4) is 0 Å². The number of ether oxygens (including phenoxy) is 1. The molecule has 3 rings (SSSR count). The lowest BCUT2D eigenvalue weighted by Gasteiger charge is -2.38. The van der Waals surface area contributed by atoms with Crippen LogP contribution in [-0.4, -0.2) is 38.1 Å². The van der Waals surface area contributed by atoms with Crippen LogP contribution < -0.4 is 10.8 Å². The van der Waals surface area contributed by atoms with Gasteiger partial charge in [-0.05, 0) is 88.1 Å². The normalized spacial score (nSPS) is 17.1. The highest BCUT2D eigenvalue weighted by Crippen LogP contribution is 2.41. The van der Waals surface area contributed by atoms with Crippen LogP contribution in [0.4, 0.5) is 10.5 Å². The molecule has 1 saturated heterocycles. The molecular formula is C32H48BNO4Si. The summed E-state index contributed by atoms with van der Waals surface area (Å²) in [6.45, 7) is 27.7. The summed E-state index contributed by atoms with van der Waals surface area (Å²) in [6, 6.07) is 9.98. The summed E-state index contributed by atoms with van der Waals surface area (Å²) in [6.07, 6.45) is -0.491. The number of carbonyl (C=O) groups excluding carboxylic acids is 1. The topological polar surface area (TPSA) is 56.8 Å². The van der Waals surface area contributed by atoms with Gasteiger partial charge in [-0.3, -0.25) is 5.32 Å². The third-order valence-corrected chi connectivity index (χ3v) is 14.8. The van der Waals surface area contributed by atoms with Crippen LogP contribution in [0.2, 0.25) is 16.6 Å². The first kappa shape index (κ1) is 31.3. The fourth-order valence-corrected chi connectivity index (χ4v) is 11.1.